The van der Waals surface area contributed by atoms with Gasteiger partial charge in [0.2, 0.25) is 5.95 Å². The van der Waals surface area contributed by atoms with Gasteiger partial charge in [-0.05, 0) is 31.6 Å². The highest BCUT2D eigenvalue weighted by Crippen LogP contribution is 2.42. The van der Waals surface area contributed by atoms with E-state index in [1.165, 1.54) is 12.4 Å². The molecule has 0 radical (unpaired) electrons. The molecule has 2 amide bonds. The summed E-state index contributed by atoms with van der Waals surface area (Å²) in [4.78, 5) is 24.0. The Morgan fingerprint density at radius 3 is 2.76 bits per heavy atom. The number of carbonyl (C=O) groups excluding carboxylic acids is 1. The van der Waals surface area contributed by atoms with Crippen molar-refractivity contribution < 1.29 is 13.9 Å². The molecule has 7 nitrogen and oxygen atoms in total. The number of anilines is 1. The zero-order valence-electron chi connectivity index (χ0n) is 14.3. The van der Waals surface area contributed by atoms with Crippen LogP contribution in [0.5, 0.6) is 0 Å². The van der Waals surface area contributed by atoms with Crippen molar-refractivity contribution in [1.82, 2.24) is 20.2 Å². The fraction of sp³-hybridized carbons (Fsp3) is 0.706. The quantitative estimate of drug-likeness (QED) is 0.890. The number of amides is 2. The van der Waals surface area contributed by atoms with E-state index in [0.29, 0.717) is 18.4 Å². The molecule has 0 aromatic carbocycles. The summed E-state index contributed by atoms with van der Waals surface area (Å²) in [6, 6.07) is 0.0559. The van der Waals surface area contributed by atoms with Crippen molar-refractivity contribution in [1.29, 1.82) is 0 Å². The van der Waals surface area contributed by atoms with Crippen LogP contribution in [0.25, 0.3) is 0 Å². The van der Waals surface area contributed by atoms with Gasteiger partial charge in [-0.1, -0.05) is 0 Å². The number of likely N-dealkylation sites (tertiary alicyclic amines) is 1. The second-order valence-corrected chi connectivity index (χ2v) is 7.17. The van der Waals surface area contributed by atoms with Crippen molar-refractivity contribution in [3.05, 3.63) is 18.2 Å². The van der Waals surface area contributed by atoms with Crippen LogP contribution in [0.15, 0.2) is 12.4 Å². The smallest absolute Gasteiger partial charge is 0.317 e. The molecule has 136 valence electrons. The minimum absolute atomic E-state index is 0.0559. The van der Waals surface area contributed by atoms with Crippen LogP contribution in [-0.2, 0) is 4.74 Å². The molecule has 1 aromatic heterocycles. The van der Waals surface area contributed by atoms with Gasteiger partial charge < -0.3 is 19.9 Å². The number of aromatic nitrogens is 2. The maximum Gasteiger partial charge on any atom is 0.317 e. The minimum atomic E-state index is -0.428. The van der Waals surface area contributed by atoms with Gasteiger partial charge in [0.05, 0.1) is 25.5 Å². The van der Waals surface area contributed by atoms with Crippen molar-refractivity contribution in [2.45, 2.75) is 31.3 Å². The monoisotopic (exact) mass is 349 g/mol. The number of carbonyl (C=O) groups is 1. The highest BCUT2D eigenvalue weighted by molar-refractivity contribution is 5.74. The largest absolute Gasteiger partial charge is 0.371 e. The van der Waals surface area contributed by atoms with Gasteiger partial charge in [0.15, 0.2) is 5.82 Å². The maximum atomic E-state index is 12.9. The summed E-state index contributed by atoms with van der Waals surface area (Å²) in [7, 11) is 0. The third-order valence-electron chi connectivity index (χ3n) is 5.57. The van der Waals surface area contributed by atoms with Crippen LogP contribution < -0.4 is 10.2 Å². The Balaban J connectivity index is 1.27. The number of rotatable bonds is 4. The van der Waals surface area contributed by atoms with E-state index in [4.69, 9.17) is 4.74 Å². The van der Waals surface area contributed by atoms with Gasteiger partial charge in [-0.15, -0.1) is 0 Å². The zero-order valence-corrected chi connectivity index (χ0v) is 14.3. The third-order valence-corrected chi connectivity index (χ3v) is 5.57. The lowest BCUT2D eigenvalue weighted by Gasteiger charge is -2.50. The number of ether oxygens (including phenoxy) is 1. The van der Waals surface area contributed by atoms with Crippen LogP contribution in [0.4, 0.5) is 15.1 Å². The number of hydrogen-bond acceptors (Lipinski definition) is 5. The normalized spacial score (nSPS) is 24.6. The first-order valence-electron chi connectivity index (χ1n) is 9.05. The molecular weight excluding hydrogens is 325 g/mol. The van der Waals surface area contributed by atoms with Crippen molar-refractivity contribution in [3.8, 4) is 0 Å². The first kappa shape index (κ1) is 16.5. The Morgan fingerprint density at radius 1 is 1.32 bits per heavy atom. The van der Waals surface area contributed by atoms with Crippen LogP contribution in [0, 0.1) is 11.7 Å². The van der Waals surface area contributed by atoms with E-state index in [9.17, 15) is 9.18 Å². The predicted octanol–water partition coefficient (Wildman–Crippen LogP) is 1.41. The standard InChI is InChI=1S/C17H24FN5O2/c18-14-9-20-15(21-10-14)23-11-17(12-23)13(4-8-25-17)3-5-19-16(24)22-6-1-2-7-22/h9-10,13H,1-8,11-12H2,(H,19,24)/t13-/m1/s1. The highest BCUT2D eigenvalue weighted by atomic mass is 19.1. The number of halogens is 1. The summed E-state index contributed by atoms with van der Waals surface area (Å²) in [6.07, 6.45) is 6.51. The Kier molecular flexibility index (Phi) is 4.45. The lowest BCUT2D eigenvalue weighted by molar-refractivity contribution is -0.0459. The van der Waals surface area contributed by atoms with Crippen LogP contribution in [-0.4, -0.2) is 65.8 Å². The Hall–Kier alpha value is -1.96. The molecule has 1 aromatic rings. The number of nitrogens with one attached hydrogen (secondary N) is 1. The fourth-order valence-corrected chi connectivity index (χ4v) is 4.14. The molecule has 1 spiro atoms. The van der Waals surface area contributed by atoms with E-state index in [1.807, 2.05) is 9.80 Å². The molecule has 1 atom stereocenters. The Bertz CT molecular complexity index is 614. The first-order valence-corrected chi connectivity index (χ1v) is 9.05. The Labute approximate surface area is 146 Å². The molecule has 25 heavy (non-hydrogen) atoms. The molecule has 3 saturated heterocycles. The van der Waals surface area contributed by atoms with E-state index >= 15 is 0 Å². The van der Waals surface area contributed by atoms with Gasteiger partial charge in [-0.25, -0.2) is 19.2 Å². The summed E-state index contributed by atoms with van der Waals surface area (Å²) in [6.45, 7) is 4.62. The van der Waals surface area contributed by atoms with E-state index < -0.39 is 5.82 Å². The molecule has 4 heterocycles. The summed E-state index contributed by atoms with van der Waals surface area (Å²) < 4.78 is 19.0. The van der Waals surface area contributed by atoms with E-state index in [0.717, 1.165) is 58.5 Å². The first-order chi connectivity index (χ1) is 12.2. The minimum Gasteiger partial charge on any atom is -0.371 e. The number of nitrogens with zero attached hydrogens (tertiary/aromatic N) is 4. The van der Waals surface area contributed by atoms with Crippen LogP contribution >= 0.6 is 0 Å². The molecular formula is C17H24FN5O2. The average molecular weight is 349 g/mol. The van der Waals surface area contributed by atoms with Gasteiger partial charge in [0.25, 0.3) is 0 Å². The summed E-state index contributed by atoms with van der Waals surface area (Å²) >= 11 is 0. The molecule has 3 fully saturated rings. The Morgan fingerprint density at radius 2 is 2.04 bits per heavy atom. The molecule has 0 saturated carbocycles. The van der Waals surface area contributed by atoms with Crippen LogP contribution in [0.1, 0.15) is 25.7 Å². The molecule has 0 aliphatic carbocycles. The number of hydrogen-bond donors (Lipinski definition) is 1. The highest BCUT2D eigenvalue weighted by Gasteiger charge is 2.53. The second kappa shape index (κ2) is 6.74. The van der Waals surface area contributed by atoms with Gasteiger partial charge in [-0.2, -0.15) is 0 Å². The summed E-state index contributed by atoms with van der Waals surface area (Å²) in [5, 5.41) is 3.04. The van der Waals surface area contributed by atoms with E-state index in [2.05, 4.69) is 15.3 Å². The van der Waals surface area contributed by atoms with Gasteiger partial charge in [0.1, 0.15) is 5.60 Å². The molecule has 1 N–H and O–H groups in total. The van der Waals surface area contributed by atoms with Gasteiger partial charge in [0, 0.05) is 26.2 Å². The van der Waals surface area contributed by atoms with E-state index in [-0.39, 0.29) is 11.6 Å². The summed E-state index contributed by atoms with van der Waals surface area (Å²) in [5.41, 5.74) is -0.171. The van der Waals surface area contributed by atoms with Crippen LogP contribution in [0.3, 0.4) is 0 Å². The molecule has 3 aliphatic heterocycles. The zero-order chi connectivity index (χ0) is 17.3. The average Bonchev–Trinajstić information content (AvgIpc) is 3.24. The SMILES string of the molecule is O=C(NCC[C@@H]1CCOC12CN(c1ncc(F)cn1)C2)N1CCCC1. The molecule has 0 unspecified atom stereocenters. The van der Waals surface area contributed by atoms with Gasteiger partial charge in [-0.3, -0.25) is 0 Å². The summed E-state index contributed by atoms with van der Waals surface area (Å²) in [5.74, 6) is 0.536. The van der Waals surface area contributed by atoms with Crippen molar-refractivity contribution in [3.63, 3.8) is 0 Å². The van der Waals surface area contributed by atoms with Gasteiger partial charge >= 0.3 is 6.03 Å². The fourth-order valence-electron chi connectivity index (χ4n) is 4.14. The lowest BCUT2D eigenvalue weighted by Crippen LogP contribution is -2.65. The lowest BCUT2D eigenvalue weighted by atomic mass is 9.79. The predicted molar refractivity (Wildman–Crippen MR) is 89.8 cm³/mol. The van der Waals surface area contributed by atoms with Crippen molar-refractivity contribution in [2.24, 2.45) is 5.92 Å². The molecule has 0 bridgehead atoms. The van der Waals surface area contributed by atoms with Crippen molar-refractivity contribution in [2.75, 3.05) is 44.2 Å². The third kappa shape index (κ3) is 3.27. The molecule has 8 heteroatoms. The van der Waals surface area contributed by atoms with E-state index in [1.54, 1.807) is 0 Å². The molecule has 3 aliphatic rings. The molecule has 4 rings (SSSR count). The maximum absolute atomic E-state index is 12.9. The van der Waals surface area contributed by atoms with Crippen molar-refractivity contribution >= 4 is 12.0 Å². The van der Waals surface area contributed by atoms with Crippen LogP contribution in [0.2, 0.25) is 0 Å². The number of urea groups is 1. The topological polar surface area (TPSA) is 70.6 Å². The second-order valence-electron chi connectivity index (χ2n) is 7.17.